The first kappa shape index (κ1) is 13.6. The maximum absolute atomic E-state index is 11.0. The van der Waals surface area contributed by atoms with Crippen molar-refractivity contribution in [2.24, 2.45) is 11.7 Å². The lowest BCUT2D eigenvalue weighted by Crippen LogP contribution is -2.54. The molecule has 3 nitrogen and oxygen atoms in total. The molecular formula is C11H23NO2. The number of carbonyl (C=O) groups excluding carboxylic acids is 1. The maximum atomic E-state index is 11.0. The van der Waals surface area contributed by atoms with Crippen molar-refractivity contribution in [2.45, 2.75) is 58.8 Å². The minimum absolute atomic E-state index is 0.0456. The maximum Gasteiger partial charge on any atom is 0.176 e. The normalized spacial score (nSPS) is 18.7. The van der Waals surface area contributed by atoms with Crippen LogP contribution in [0.25, 0.3) is 0 Å². The molecule has 84 valence electrons. The summed E-state index contributed by atoms with van der Waals surface area (Å²) < 4.78 is 5.60. The summed E-state index contributed by atoms with van der Waals surface area (Å²) in [5.74, 6) is 0.0456. The van der Waals surface area contributed by atoms with Crippen molar-refractivity contribution >= 4 is 6.29 Å². The highest BCUT2D eigenvalue weighted by atomic mass is 16.5. The number of hydrogen-bond donors (Lipinski definition) is 1. The largest absolute Gasteiger partial charge is 0.348 e. The quantitative estimate of drug-likeness (QED) is 0.547. The summed E-state index contributed by atoms with van der Waals surface area (Å²) in [6.45, 7) is 9.72. The van der Waals surface area contributed by atoms with Crippen molar-refractivity contribution in [3.05, 3.63) is 0 Å². The molecule has 0 aromatic rings. The lowest BCUT2D eigenvalue weighted by Gasteiger charge is -2.36. The van der Waals surface area contributed by atoms with Crippen LogP contribution >= 0.6 is 0 Å². The molecule has 2 unspecified atom stereocenters. The Balaban J connectivity index is 4.54. The highest BCUT2D eigenvalue weighted by molar-refractivity contribution is 5.62. The van der Waals surface area contributed by atoms with Crippen LogP contribution in [-0.4, -0.2) is 17.6 Å². The molecule has 0 saturated heterocycles. The van der Waals surface area contributed by atoms with Gasteiger partial charge in [-0.05, 0) is 27.2 Å². The van der Waals surface area contributed by atoms with Crippen LogP contribution in [0.3, 0.4) is 0 Å². The summed E-state index contributed by atoms with van der Waals surface area (Å²) in [6.07, 6.45) is 2.62. The molecule has 0 saturated carbocycles. The first-order chi connectivity index (χ1) is 6.25. The fourth-order valence-corrected chi connectivity index (χ4v) is 1.43. The number of carbonyl (C=O) groups is 1. The minimum atomic E-state index is -1.14. The van der Waals surface area contributed by atoms with Gasteiger partial charge >= 0.3 is 0 Å². The van der Waals surface area contributed by atoms with Gasteiger partial charge in [0, 0.05) is 5.92 Å². The fraction of sp³-hybridized carbons (Fsp3) is 0.909. The highest BCUT2D eigenvalue weighted by Crippen LogP contribution is 2.24. The molecule has 0 aromatic carbocycles. The molecule has 0 aromatic heterocycles. The molecule has 0 amide bonds. The van der Waals surface area contributed by atoms with E-state index in [1.807, 2.05) is 27.7 Å². The minimum Gasteiger partial charge on any atom is -0.348 e. The van der Waals surface area contributed by atoms with E-state index in [1.54, 1.807) is 0 Å². The molecule has 3 heteroatoms. The van der Waals surface area contributed by atoms with Crippen LogP contribution in [0.1, 0.15) is 47.5 Å². The monoisotopic (exact) mass is 201 g/mol. The Labute approximate surface area is 87.0 Å². The van der Waals surface area contributed by atoms with Gasteiger partial charge in [-0.3, -0.25) is 10.5 Å². The summed E-state index contributed by atoms with van der Waals surface area (Å²) in [5, 5.41) is 0. The lowest BCUT2D eigenvalue weighted by atomic mass is 9.94. The molecule has 14 heavy (non-hydrogen) atoms. The van der Waals surface area contributed by atoms with Gasteiger partial charge in [-0.15, -0.1) is 0 Å². The van der Waals surface area contributed by atoms with Gasteiger partial charge < -0.3 is 4.74 Å². The second-order valence-electron chi connectivity index (χ2n) is 4.88. The third-order valence-corrected chi connectivity index (χ3v) is 2.16. The molecule has 0 fully saturated rings. The molecule has 0 aliphatic heterocycles. The summed E-state index contributed by atoms with van der Waals surface area (Å²) in [6, 6.07) is 0. The smallest absolute Gasteiger partial charge is 0.176 e. The average molecular weight is 201 g/mol. The molecule has 0 radical (unpaired) electrons. The molecular weight excluding hydrogens is 178 g/mol. The summed E-state index contributed by atoms with van der Waals surface area (Å²) >= 11 is 0. The zero-order valence-corrected chi connectivity index (χ0v) is 9.96. The Morgan fingerprint density at radius 1 is 1.43 bits per heavy atom. The molecule has 0 bridgehead atoms. The van der Waals surface area contributed by atoms with E-state index in [2.05, 4.69) is 6.92 Å². The predicted octanol–water partition coefficient (Wildman–Crippen LogP) is 2.09. The number of aldehydes is 1. The van der Waals surface area contributed by atoms with E-state index >= 15 is 0 Å². The van der Waals surface area contributed by atoms with Gasteiger partial charge in [0.1, 0.15) is 0 Å². The van der Waals surface area contributed by atoms with Crippen LogP contribution in [0.5, 0.6) is 0 Å². The molecule has 0 aliphatic carbocycles. The Kier molecular flexibility index (Phi) is 4.75. The standard InChI is InChI=1S/C11H23NO2/c1-6-7-9(2)11(12,8-13)14-10(3,4)5/h8-9H,6-7,12H2,1-5H3. The Morgan fingerprint density at radius 2 is 1.93 bits per heavy atom. The third kappa shape index (κ3) is 4.20. The molecule has 0 spiro atoms. The van der Waals surface area contributed by atoms with Crippen molar-refractivity contribution < 1.29 is 9.53 Å². The molecule has 0 heterocycles. The topological polar surface area (TPSA) is 52.3 Å². The van der Waals surface area contributed by atoms with Gasteiger partial charge in [-0.1, -0.05) is 20.3 Å². The third-order valence-electron chi connectivity index (χ3n) is 2.16. The van der Waals surface area contributed by atoms with E-state index in [4.69, 9.17) is 10.5 Å². The van der Waals surface area contributed by atoms with E-state index in [0.717, 1.165) is 19.1 Å². The molecule has 2 N–H and O–H groups in total. The Morgan fingerprint density at radius 3 is 2.21 bits per heavy atom. The van der Waals surface area contributed by atoms with Crippen LogP contribution < -0.4 is 5.73 Å². The van der Waals surface area contributed by atoms with E-state index in [1.165, 1.54) is 0 Å². The highest BCUT2D eigenvalue weighted by Gasteiger charge is 2.36. The van der Waals surface area contributed by atoms with Crippen LogP contribution in [0.4, 0.5) is 0 Å². The van der Waals surface area contributed by atoms with Gasteiger partial charge in [0.15, 0.2) is 12.0 Å². The van der Waals surface area contributed by atoms with E-state index < -0.39 is 11.3 Å². The van der Waals surface area contributed by atoms with Crippen LogP contribution in [0, 0.1) is 5.92 Å². The zero-order valence-electron chi connectivity index (χ0n) is 9.96. The summed E-state index contributed by atoms with van der Waals surface area (Å²) in [5.41, 5.74) is 4.39. The zero-order chi connectivity index (χ0) is 11.4. The SMILES string of the molecule is CCCC(C)C(N)(C=O)OC(C)(C)C. The van der Waals surface area contributed by atoms with Gasteiger partial charge in [0.2, 0.25) is 0 Å². The van der Waals surface area contributed by atoms with Crippen molar-refractivity contribution in [1.82, 2.24) is 0 Å². The number of rotatable bonds is 5. The van der Waals surface area contributed by atoms with Crippen LogP contribution in [-0.2, 0) is 9.53 Å². The number of nitrogens with two attached hydrogens (primary N) is 1. The van der Waals surface area contributed by atoms with Gasteiger partial charge in [0.05, 0.1) is 5.60 Å². The Bertz CT molecular complexity index is 186. The number of hydrogen-bond acceptors (Lipinski definition) is 3. The summed E-state index contributed by atoms with van der Waals surface area (Å²) in [7, 11) is 0. The predicted molar refractivity (Wildman–Crippen MR) is 57.9 cm³/mol. The second kappa shape index (κ2) is 4.89. The first-order valence-corrected chi connectivity index (χ1v) is 5.20. The average Bonchev–Trinajstić information content (AvgIpc) is 2.01. The lowest BCUT2D eigenvalue weighted by molar-refractivity contribution is -0.165. The first-order valence-electron chi connectivity index (χ1n) is 5.20. The van der Waals surface area contributed by atoms with Crippen LogP contribution in [0.15, 0.2) is 0 Å². The van der Waals surface area contributed by atoms with Gasteiger partial charge in [-0.2, -0.15) is 0 Å². The number of ether oxygens (including phenoxy) is 1. The van der Waals surface area contributed by atoms with E-state index in [-0.39, 0.29) is 5.92 Å². The van der Waals surface area contributed by atoms with E-state index in [9.17, 15) is 4.79 Å². The molecule has 0 aliphatic rings. The fourth-order valence-electron chi connectivity index (χ4n) is 1.43. The molecule has 2 atom stereocenters. The molecule has 0 rings (SSSR count). The van der Waals surface area contributed by atoms with Crippen molar-refractivity contribution in [1.29, 1.82) is 0 Å². The summed E-state index contributed by atoms with van der Waals surface area (Å²) in [4.78, 5) is 11.0. The van der Waals surface area contributed by atoms with Crippen molar-refractivity contribution in [3.8, 4) is 0 Å². The van der Waals surface area contributed by atoms with E-state index in [0.29, 0.717) is 0 Å². The van der Waals surface area contributed by atoms with Gasteiger partial charge in [0.25, 0.3) is 0 Å². The second-order valence-corrected chi connectivity index (χ2v) is 4.88. The van der Waals surface area contributed by atoms with Crippen LogP contribution in [0.2, 0.25) is 0 Å². The van der Waals surface area contributed by atoms with Crippen molar-refractivity contribution in [2.75, 3.05) is 0 Å². The Hall–Kier alpha value is -0.410. The van der Waals surface area contributed by atoms with Crippen molar-refractivity contribution in [3.63, 3.8) is 0 Å². The van der Waals surface area contributed by atoms with Gasteiger partial charge in [-0.25, -0.2) is 0 Å².